The topological polar surface area (TPSA) is 63.6 Å². The molecule has 0 radical (unpaired) electrons. The molecule has 112 valence electrons. The van der Waals surface area contributed by atoms with Crippen LogP contribution in [0.1, 0.15) is 18.1 Å². The minimum Gasteiger partial charge on any atom is -0.361 e. The standard InChI is InChI=1S/C15H15ClO4S/c1-11-6-8-14(9-7-11)21(18,19)20-15(2,17)12-4-3-5-13(16)10-12/h3-10,17H,1-2H3/t15-/m1/s1. The number of benzene rings is 2. The first kappa shape index (κ1) is 16.0. The van der Waals surface area contributed by atoms with Gasteiger partial charge < -0.3 is 5.11 Å². The summed E-state index contributed by atoms with van der Waals surface area (Å²) in [5, 5.41) is 10.7. The van der Waals surface area contributed by atoms with Gasteiger partial charge in [0.05, 0.1) is 4.90 Å². The Hall–Kier alpha value is -1.40. The summed E-state index contributed by atoms with van der Waals surface area (Å²) in [7, 11) is -4.09. The molecule has 1 N–H and O–H groups in total. The van der Waals surface area contributed by atoms with E-state index in [0.29, 0.717) is 5.02 Å². The fourth-order valence-electron chi connectivity index (χ4n) is 1.79. The molecule has 4 nitrogen and oxygen atoms in total. The zero-order valence-electron chi connectivity index (χ0n) is 11.6. The van der Waals surface area contributed by atoms with Crippen molar-refractivity contribution in [2.24, 2.45) is 0 Å². The number of aliphatic hydroxyl groups is 1. The number of hydrogen-bond donors (Lipinski definition) is 1. The van der Waals surface area contributed by atoms with Crippen molar-refractivity contribution < 1.29 is 17.7 Å². The first-order valence-electron chi connectivity index (χ1n) is 6.21. The summed E-state index contributed by atoms with van der Waals surface area (Å²) in [6.07, 6.45) is 0. The summed E-state index contributed by atoms with van der Waals surface area (Å²) < 4.78 is 29.4. The van der Waals surface area contributed by atoms with E-state index < -0.39 is 15.9 Å². The molecule has 0 amide bonds. The molecular formula is C15H15ClO4S. The molecule has 0 aromatic heterocycles. The van der Waals surface area contributed by atoms with Crippen LogP contribution in [0.3, 0.4) is 0 Å². The minimum atomic E-state index is -4.09. The fourth-order valence-corrected chi connectivity index (χ4v) is 3.07. The zero-order chi connectivity index (χ0) is 15.7. The van der Waals surface area contributed by atoms with Gasteiger partial charge in [0.15, 0.2) is 0 Å². The van der Waals surface area contributed by atoms with Crippen LogP contribution < -0.4 is 0 Å². The molecule has 21 heavy (non-hydrogen) atoms. The van der Waals surface area contributed by atoms with E-state index in [0.717, 1.165) is 5.56 Å². The van der Waals surface area contributed by atoms with Crippen molar-refractivity contribution in [1.82, 2.24) is 0 Å². The van der Waals surface area contributed by atoms with Crippen molar-refractivity contribution in [2.45, 2.75) is 24.5 Å². The molecule has 0 saturated heterocycles. The van der Waals surface area contributed by atoms with E-state index in [1.54, 1.807) is 24.3 Å². The highest BCUT2D eigenvalue weighted by Crippen LogP contribution is 2.29. The highest BCUT2D eigenvalue weighted by Gasteiger charge is 2.32. The summed E-state index contributed by atoms with van der Waals surface area (Å²) in [4.78, 5) is -0.0181. The summed E-state index contributed by atoms with van der Waals surface area (Å²) in [6, 6.07) is 12.4. The van der Waals surface area contributed by atoms with Gasteiger partial charge in [-0.15, -0.1) is 0 Å². The van der Waals surface area contributed by atoms with Crippen LogP contribution in [-0.2, 0) is 20.1 Å². The van der Waals surface area contributed by atoms with Crippen LogP contribution in [0.4, 0.5) is 0 Å². The molecular weight excluding hydrogens is 312 g/mol. The largest absolute Gasteiger partial charge is 0.361 e. The van der Waals surface area contributed by atoms with Crippen molar-refractivity contribution in [3.8, 4) is 0 Å². The van der Waals surface area contributed by atoms with Gasteiger partial charge in [0.25, 0.3) is 10.1 Å². The van der Waals surface area contributed by atoms with Crippen molar-refractivity contribution in [3.05, 3.63) is 64.7 Å². The van der Waals surface area contributed by atoms with Gasteiger partial charge in [0.1, 0.15) is 0 Å². The average molecular weight is 327 g/mol. The minimum absolute atomic E-state index is 0.0181. The molecule has 0 aliphatic rings. The number of rotatable bonds is 4. The molecule has 2 aromatic rings. The molecule has 0 unspecified atom stereocenters. The Balaban J connectivity index is 2.32. The molecule has 2 aromatic carbocycles. The van der Waals surface area contributed by atoms with Crippen LogP contribution in [0.25, 0.3) is 0 Å². The van der Waals surface area contributed by atoms with Gasteiger partial charge in [-0.25, -0.2) is 4.18 Å². The predicted molar refractivity (Wildman–Crippen MR) is 80.5 cm³/mol. The third kappa shape index (κ3) is 3.83. The summed E-state index contributed by atoms with van der Waals surface area (Å²) in [5.74, 6) is -2.01. The van der Waals surface area contributed by atoms with Gasteiger partial charge in [0.2, 0.25) is 5.79 Å². The van der Waals surface area contributed by atoms with Crippen LogP contribution >= 0.6 is 11.6 Å². The lowest BCUT2D eigenvalue weighted by Gasteiger charge is -2.23. The Kier molecular flexibility index (Phi) is 4.39. The van der Waals surface area contributed by atoms with Crippen molar-refractivity contribution in [3.63, 3.8) is 0 Å². The monoisotopic (exact) mass is 326 g/mol. The van der Waals surface area contributed by atoms with Crippen LogP contribution in [-0.4, -0.2) is 13.5 Å². The van der Waals surface area contributed by atoms with E-state index >= 15 is 0 Å². The van der Waals surface area contributed by atoms with E-state index in [4.69, 9.17) is 15.8 Å². The first-order chi connectivity index (χ1) is 9.71. The Morgan fingerprint density at radius 2 is 1.76 bits per heavy atom. The summed E-state index contributed by atoms with van der Waals surface area (Å²) in [5.41, 5.74) is 1.18. The van der Waals surface area contributed by atoms with Crippen molar-refractivity contribution in [1.29, 1.82) is 0 Å². The van der Waals surface area contributed by atoms with E-state index in [1.165, 1.54) is 31.2 Å². The third-order valence-corrected chi connectivity index (χ3v) is 4.57. The van der Waals surface area contributed by atoms with Gasteiger partial charge in [0, 0.05) is 10.6 Å². The van der Waals surface area contributed by atoms with Gasteiger partial charge >= 0.3 is 0 Å². The smallest absolute Gasteiger partial charge is 0.299 e. The van der Waals surface area contributed by atoms with Gasteiger partial charge in [-0.2, -0.15) is 8.42 Å². The molecule has 2 rings (SSSR count). The quantitative estimate of drug-likeness (QED) is 0.692. The van der Waals surface area contributed by atoms with Crippen molar-refractivity contribution >= 4 is 21.7 Å². The highest BCUT2D eigenvalue weighted by molar-refractivity contribution is 7.86. The maximum atomic E-state index is 12.2. The molecule has 6 heteroatoms. The average Bonchev–Trinajstić information content (AvgIpc) is 2.38. The SMILES string of the molecule is Cc1ccc(S(=O)(=O)O[C@@](C)(O)c2cccc(Cl)c2)cc1. The molecule has 0 aliphatic carbocycles. The zero-order valence-corrected chi connectivity index (χ0v) is 13.1. The van der Waals surface area contributed by atoms with E-state index in [2.05, 4.69) is 0 Å². The van der Waals surface area contributed by atoms with Gasteiger partial charge in [-0.3, -0.25) is 0 Å². The van der Waals surface area contributed by atoms with Crippen LogP contribution in [0.2, 0.25) is 5.02 Å². The lowest BCUT2D eigenvalue weighted by molar-refractivity contribution is -0.124. The molecule has 0 bridgehead atoms. The molecule has 0 fully saturated rings. The van der Waals surface area contributed by atoms with Crippen LogP contribution in [0, 0.1) is 6.92 Å². The summed E-state index contributed by atoms with van der Waals surface area (Å²) in [6.45, 7) is 3.10. The Morgan fingerprint density at radius 1 is 1.14 bits per heavy atom. The molecule has 0 aliphatic heterocycles. The third-order valence-electron chi connectivity index (χ3n) is 2.94. The van der Waals surface area contributed by atoms with E-state index in [1.807, 2.05) is 6.92 Å². The molecule has 0 saturated carbocycles. The lowest BCUT2D eigenvalue weighted by atomic mass is 10.1. The molecule has 0 spiro atoms. The first-order valence-corrected chi connectivity index (χ1v) is 8.00. The fraction of sp³-hybridized carbons (Fsp3) is 0.200. The maximum Gasteiger partial charge on any atom is 0.299 e. The Morgan fingerprint density at radius 3 is 2.33 bits per heavy atom. The Bertz CT molecular complexity index is 737. The van der Waals surface area contributed by atoms with Crippen LogP contribution in [0.15, 0.2) is 53.4 Å². The van der Waals surface area contributed by atoms with E-state index in [9.17, 15) is 13.5 Å². The normalized spacial score (nSPS) is 14.7. The second kappa shape index (κ2) is 5.77. The summed E-state index contributed by atoms with van der Waals surface area (Å²) >= 11 is 5.84. The van der Waals surface area contributed by atoms with Gasteiger partial charge in [-0.1, -0.05) is 41.4 Å². The van der Waals surface area contributed by atoms with Gasteiger partial charge in [-0.05, 0) is 38.1 Å². The maximum absolute atomic E-state index is 12.2. The number of aryl methyl sites for hydroxylation is 1. The molecule has 1 atom stereocenters. The number of hydrogen-bond acceptors (Lipinski definition) is 4. The second-order valence-electron chi connectivity index (χ2n) is 4.84. The number of halogens is 1. The van der Waals surface area contributed by atoms with Crippen molar-refractivity contribution in [2.75, 3.05) is 0 Å². The van der Waals surface area contributed by atoms with Crippen LogP contribution in [0.5, 0.6) is 0 Å². The Labute approximate surface area is 129 Å². The molecule has 0 heterocycles. The highest BCUT2D eigenvalue weighted by atomic mass is 35.5. The predicted octanol–water partition coefficient (Wildman–Crippen LogP) is 3.22. The lowest BCUT2D eigenvalue weighted by Crippen LogP contribution is -2.28. The van der Waals surface area contributed by atoms with E-state index in [-0.39, 0.29) is 10.5 Å². The second-order valence-corrected chi connectivity index (χ2v) is 6.83.